The molecule has 0 aliphatic carbocycles. The Bertz CT molecular complexity index is 568. The maximum Gasteiger partial charge on any atom is 0.341 e. The molecule has 0 unspecified atom stereocenters. The van der Waals surface area contributed by atoms with E-state index < -0.39 is 18.0 Å². The third-order valence-corrected chi connectivity index (χ3v) is 4.07. The second-order valence-corrected chi connectivity index (χ2v) is 5.81. The van der Waals surface area contributed by atoms with Gasteiger partial charge >= 0.3 is 18.0 Å². The summed E-state index contributed by atoms with van der Waals surface area (Å²) in [5.41, 5.74) is 1.15. The number of carboxylic acids is 1. The molecule has 0 saturated heterocycles. The molecule has 1 heterocycles. The number of ether oxygens (including phenoxy) is 1. The molecule has 1 aromatic heterocycles. The topological polar surface area (TPSA) is 105 Å². The van der Waals surface area contributed by atoms with Crippen LogP contribution in [0.15, 0.2) is 0 Å². The second kappa shape index (κ2) is 8.38. The summed E-state index contributed by atoms with van der Waals surface area (Å²) in [5, 5.41) is 14.1. The molecule has 0 radical (unpaired) electrons. The van der Waals surface area contributed by atoms with Crippen LogP contribution in [0.3, 0.4) is 0 Å². The number of esters is 1. The first-order valence-corrected chi connectivity index (χ1v) is 7.72. The van der Waals surface area contributed by atoms with Crippen LogP contribution in [-0.4, -0.2) is 36.2 Å². The Kier molecular flexibility index (Phi) is 6.84. The fourth-order valence-electron chi connectivity index (χ4n) is 1.75. The number of rotatable bonds is 7. The third kappa shape index (κ3) is 5.03. The SMILES string of the molecule is CCOC(=O)c1c(NC(=O)NCCCC(=O)O)sc(C)c1C. The molecule has 8 heteroatoms. The van der Waals surface area contributed by atoms with Crippen LogP contribution in [0, 0.1) is 13.8 Å². The second-order valence-electron chi connectivity index (χ2n) is 4.59. The lowest BCUT2D eigenvalue weighted by Crippen LogP contribution is -2.30. The summed E-state index contributed by atoms with van der Waals surface area (Å²) >= 11 is 1.30. The molecular weight excluding hydrogens is 308 g/mol. The van der Waals surface area contributed by atoms with Crippen LogP contribution in [0.5, 0.6) is 0 Å². The number of carbonyl (C=O) groups excluding carboxylic acids is 2. The van der Waals surface area contributed by atoms with E-state index in [0.717, 1.165) is 10.4 Å². The zero-order valence-electron chi connectivity index (χ0n) is 12.8. The molecule has 0 aromatic carbocycles. The number of amides is 2. The van der Waals surface area contributed by atoms with Gasteiger partial charge < -0.3 is 15.2 Å². The van der Waals surface area contributed by atoms with Crippen LogP contribution in [0.1, 0.15) is 40.6 Å². The highest BCUT2D eigenvalue weighted by Crippen LogP contribution is 2.32. The molecule has 0 saturated carbocycles. The molecule has 3 N–H and O–H groups in total. The average molecular weight is 328 g/mol. The van der Waals surface area contributed by atoms with E-state index in [0.29, 0.717) is 17.0 Å². The van der Waals surface area contributed by atoms with E-state index in [1.54, 1.807) is 13.8 Å². The van der Waals surface area contributed by atoms with Gasteiger partial charge in [0, 0.05) is 17.8 Å². The van der Waals surface area contributed by atoms with Gasteiger partial charge in [-0.15, -0.1) is 11.3 Å². The van der Waals surface area contributed by atoms with Gasteiger partial charge in [0.2, 0.25) is 0 Å². The zero-order chi connectivity index (χ0) is 16.7. The molecule has 0 aliphatic heterocycles. The third-order valence-electron chi connectivity index (χ3n) is 2.94. The fraction of sp³-hybridized carbons (Fsp3) is 0.500. The first-order valence-electron chi connectivity index (χ1n) is 6.90. The molecule has 0 bridgehead atoms. The Morgan fingerprint density at radius 2 is 1.95 bits per heavy atom. The number of anilines is 1. The zero-order valence-corrected chi connectivity index (χ0v) is 13.6. The van der Waals surface area contributed by atoms with Gasteiger partial charge in [-0.3, -0.25) is 10.1 Å². The summed E-state index contributed by atoms with van der Waals surface area (Å²) in [5.74, 6) is -1.37. The van der Waals surface area contributed by atoms with Crippen molar-refractivity contribution in [1.29, 1.82) is 0 Å². The van der Waals surface area contributed by atoms with Crippen molar-refractivity contribution in [2.75, 3.05) is 18.5 Å². The number of carbonyl (C=O) groups is 3. The van der Waals surface area contributed by atoms with Crippen molar-refractivity contribution >= 4 is 34.3 Å². The van der Waals surface area contributed by atoms with E-state index in [-0.39, 0.29) is 19.6 Å². The lowest BCUT2D eigenvalue weighted by molar-refractivity contribution is -0.137. The monoisotopic (exact) mass is 328 g/mol. The summed E-state index contributed by atoms with van der Waals surface area (Å²) < 4.78 is 5.00. The van der Waals surface area contributed by atoms with Crippen LogP contribution in [0.4, 0.5) is 9.80 Å². The number of urea groups is 1. The lowest BCUT2D eigenvalue weighted by atomic mass is 10.1. The Morgan fingerprint density at radius 3 is 2.55 bits per heavy atom. The smallest absolute Gasteiger partial charge is 0.341 e. The molecule has 1 aromatic rings. The Morgan fingerprint density at radius 1 is 1.27 bits per heavy atom. The molecule has 0 atom stereocenters. The highest BCUT2D eigenvalue weighted by atomic mass is 32.1. The van der Waals surface area contributed by atoms with Crippen molar-refractivity contribution in [3.05, 3.63) is 16.0 Å². The standard InChI is InChI=1S/C14H20N2O5S/c1-4-21-13(19)11-8(2)9(3)22-12(11)16-14(20)15-7-5-6-10(17)18/h4-7H2,1-3H3,(H,17,18)(H2,15,16,20). The minimum Gasteiger partial charge on any atom is -0.481 e. The summed E-state index contributed by atoms with van der Waals surface area (Å²) in [6.07, 6.45) is 0.335. The van der Waals surface area contributed by atoms with Crippen molar-refractivity contribution in [3.63, 3.8) is 0 Å². The number of aryl methyl sites for hydroxylation is 1. The van der Waals surface area contributed by atoms with Gasteiger partial charge in [-0.25, -0.2) is 9.59 Å². The van der Waals surface area contributed by atoms with Crippen LogP contribution in [0.2, 0.25) is 0 Å². The van der Waals surface area contributed by atoms with Gasteiger partial charge in [-0.2, -0.15) is 0 Å². The molecular formula is C14H20N2O5S. The minimum atomic E-state index is -0.906. The Balaban J connectivity index is 2.68. The molecule has 0 fully saturated rings. The molecule has 7 nitrogen and oxygen atoms in total. The van der Waals surface area contributed by atoms with Crippen LogP contribution in [-0.2, 0) is 9.53 Å². The van der Waals surface area contributed by atoms with Gasteiger partial charge in [-0.05, 0) is 32.8 Å². The Labute approximate surface area is 132 Å². The molecule has 0 aliphatic rings. The molecule has 1 rings (SSSR count). The van der Waals surface area contributed by atoms with Crippen molar-refractivity contribution in [1.82, 2.24) is 5.32 Å². The maximum atomic E-state index is 12.0. The highest BCUT2D eigenvalue weighted by molar-refractivity contribution is 7.16. The quantitative estimate of drug-likeness (QED) is 0.527. The number of hydrogen-bond acceptors (Lipinski definition) is 5. The number of nitrogens with one attached hydrogen (secondary N) is 2. The van der Waals surface area contributed by atoms with Gasteiger partial charge in [0.15, 0.2) is 0 Å². The van der Waals surface area contributed by atoms with E-state index in [2.05, 4.69) is 10.6 Å². The first-order chi connectivity index (χ1) is 10.4. The summed E-state index contributed by atoms with van der Waals surface area (Å²) in [6.45, 7) is 5.88. The van der Waals surface area contributed by atoms with Gasteiger partial charge in [0.1, 0.15) is 5.00 Å². The minimum absolute atomic E-state index is 0.00836. The number of aliphatic carboxylic acids is 1. The van der Waals surface area contributed by atoms with Crippen molar-refractivity contribution in [2.45, 2.75) is 33.6 Å². The van der Waals surface area contributed by atoms with Crippen molar-refractivity contribution in [2.24, 2.45) is 0 Å². The largest absolute Gasteiger partial charge is 0.481 e. The predicted octanol–water partition coefficient (Wildman–Crippen LogP) is 2.53. The van der Waals surface area contributed by atoms with Crippen LogP contribution < -0.4 is 10.6 Å². The molecule has 0 spiro atoms. The van der Waals surface area contributed by atoms with Gasteiger partial charge in [0.05, 0.1) is 12.2 Å². The first kappa shape index (κ1) is 18.0. The van der Waals surface area contributed by atoms with E-state index in [4.69, 9.17) is 9.84 Å². The van der Waals surface area contributed by atoms with Crippen LogP contribution in [0.25, 0.3) is 0 Å². The lowest BCUT2D eigenvalue weighted by Gasteiger charge is -2.08. The van der Waals surface area contributed by atoms with E-state index in [9.17, 15) is 14.4 Å². The van der Waals surface area contributed by atoms with Crippen molar-refractivity contribution in [3.8, 4) is 0 Å². The number of carboxylic acid groups (broad SMARTS) is 1. The van der Waals surface area contributed by atoms with Crippen molar-refractivity contribution < 1.29 is 24.2 Å². The van der Waals surface area contributed by atoms with E-state index in [1.807, 2.05) is 6.92 Å². The van der Waals surface area contributed by atoms with E-state index >= 15 is 0 Å². The van der Waals surface area contributed by atoms with E-state index in [1.165, 1.54) is 11.3 Å². The maximum absolute atomic E-state index is 12.0. The summed E-state index contributed by atoms with van der Waals surface area (Å²) in [6, 6.07) is -0.475. The highest BCUT2D eigenvalue weighted by Gasteiger charge is 2.21. The van der Waals surface area contributed by atoms with Crippen LogP contribution >= 0.6 is 11.3 Å². The average Bonchev–Trinajstić information content (AvgIpc) is 2.70. The number of thiophene rings is 1. The summed E-state index contributed by atoms with van der Waals surface area (Å²) in [4.78, 5) is 35.1. The van der Waals surface area contributed by atoms with Gasteiger partial charge in [-0.1, -0.05) is 0 Å². The van der Waals surface area contributed by atoms with Gasteiger partial charge in [0.25, 0.3) is 0 Å². The fourth-order valence-corrected chi connectivity index (χ4v) is 2.80. The number of hydrogen-bond donors (Lipinski definition) is 3. The molecule has 122 valence electrons. The molecule has 2 amide bonds. The predicted molar refractivity (Wildman–Crippen MR) is 83.6 cm³/mol. The Hall–Kier alpha value is -2.09. The normalized spacial score (nSPS) is 10.1. The molecule has 22 heavy (non-hydrogen) atoms. The summed E-state index contributed by atoms with van der Waals surface area (Å²) in [7, 11) is 0.